The van der Waals surface area contributed by atoms with E-state index in [1.165, 1.54) is 0 Å². The molecular formula is C11H14F3N3. The minimum absolute atomic E-state index is 0.00716. The quantitative estimate of drug-likeness (QED) is 0.814. The highest BCUT2D eigenvalue weighted by atomic mass is 19.4. The Kier molecular flexibility index (Phi) is 4.09. The SMILES string of the molecule is C/C=C\N=C(\c1cc(C(F)(F)F)n[nH]1)C(C)C. The lowest BCUT2D eigenvalue weighted by Gasteiger charge is -2.06. The number of hydrogen-bond donors (Lipinski definition) is 1. The molecule has 0 aromatic carbocycles. The molecule has 3 nitrogen and oxygen atoms in total. The van der Waals surface area contributed by atoms with E-state index >= 15 is 0 Å². The van der Waals surface area contributed by atoms with Crippen LogP contribution >= 0.6 is 0 Å². The maximum Gasteiger partial charge on any atom is 0.435 e. The molecule has 1 N–H and O–H groups in total. The number of alkyl halides is 3. The summed E-state index contributed by atoms with van der Waals surface area (Å²) in [5.41, 5.74) is -0.0853. The number of nitrogens with zero attached hydrogens (tertiary/aromatic N) is 2. The Hall–Kier alpha value is -1.59. The summed E-state index contributed by atoms with van der Waals surface area (Å²) < 4.78 is 37.1. The molecule has 0 atom stereocenters. The fourth-order valence-corrected chi connectivity index (χ4v) is 1.28. The summed E-state index contributed by atoms with van der Waals surface area (Å²) in [6, 6.07) is 0.975. The highest BCUT2D eigenvalue weighted by Crippen LogP contribution is 2.28. The average molecular weight is 245 g/mol. The van der Waals surface area contributed by atoms with E-state index in [-0.39, 0.29) is 5.92 Å². The molecule has 0 bridgehead atoms. The monoisotopic (exact) mass is 245 g/mol. The van der Waals surface area contributed by atoms with E-state index in [4.69, 9.17) is 0 Å². The highest BCUT2D eigenvalue weighted by molar-refractivity contribution is 6.00. The van der Waals surface area contributed by atoms with E-state index in [0.717, 1.165) is 6.07 Å². The summed E-state index contributed by atoms with van der Waals surface area (Å²) in [5, 5.41) is 5.61. The van der Waals surface area contributed by atoms with Crippen molar-refractivity contribution in [1.29, 1.82) is 0 Å². The van der Waals surface area contributed by atoms with Gasteiger partial charge in [-0.2, -0.15) is 18.3 Å². The van der Waals surface area contributed by atoms with Crippen LogP contribution in [0.3, 0.4) is 0 Å². The molecule has 0 saturated carbocycles. The Balaban J connectivity index is 3.09. The Bertz CT molecular complexity index is 427. The summed E-state index contributed by atoms with van der Waals surface area (Å²) in [4.78, 5) is 4.10. The molecule has 0 unspecified atom stereocenters. The highest BCUT2D eigenvalue weighted by Gasteiger charge is 2.34. The first-order chi connectivity index (χ1) is 7.86. The average Bonchev–Trinajstić information content (AvgIpc) is 2.66. The maximum atomic E-state index is 12.4. The molecule has 0 amide bonds. The summed E-state index contributed by atoms with van der Waals surface area (Å²) >= 11 is 0. The molecule has 1 heterocycles. The molecule has 0 aliphatic carbocycles. The minimum atomic E-state index is -4.43. The molecular weight excluding hydrogens is 231 g/mol. The zero-order valence-corrected chi connectivity index (χ0v) is 9.84. The number of hydrogen-bond acceptors (Lipinski definition) is 2. The topological polar surface area (TPSA) is 41.0 Å². The number of nitrogens with one attached hydrogen (secondary N) is 1. The minimum Gasteiger partial charge on any atom is -0.276 e. The first-order valence-electron chi connectivity index (χ1n) is 5.18. The molecule has 0 fully saturated rings. The van der Waals surface area contributed by atoms with Crippen LogP contribution in [0.2, 0.25) is 0 Å². The number of aliphatic imine (C=N–C) groups is 1. The number of halogens is 3. The van der Waals surface area contributed by atoms with Crippen molar-refractivity contribution in [2.45, 2.75) is 26.9 Å². The fraction of sp³-hybridized carbons (Fsp3) is 0.455. The zero-order valence-electron chi connectivity index (χ0n) is 9.84. The second kappa shape index (κ2) is 5.16. The summed E-state index contributed by atoms with van der Waals surface area (Å²) in [6.07, 6.45) is -1.18. The van der Waals surface area contributed by atoms with Gasteiger partial charge in [0.15, 0.2) is 5.69 Å². The van der Waals surface area contributed by atoms with Crippen LogP contribution in [0.4, 0.5) is 13.2 Å². The van der Waals surface area contributed by atoms with Gasteiger partial charge in [-0.25, -0.2) is 0 Å². The van der Waals surface area contributed by atoms with Gasteiger partial charge in [0.2, 0.25) is 0 Å². The zero-order chi connectivity index (χ0) is 13.1. The lowest BCUT2D eigenvalue weighted by Crippen LogP contribution is -2.09. The molecule has 0 radical (unpaired) electrons. The third kappa shape index (κ3) is 3.44. The van der Waals surface area contributed by atoms with Gasteiger partial charge in [0.1, 0.15) is 0 Å². The fourth-order valence-electron chi connectivity index (χ4n) is 1.28. The summed E-state index contributed by atoms with van der Waals surface area (Å²) in [5.74, 6) is 0.00716. The van der Waals surface area contributed by atoms with E-state index < -0.39 is 11.9 Å². The normalized spacial score (nSPS) is 13.9. The van der Waals surface area contributed by atoms with Crippen molar-refractivity contribution in [3.63, 3.8) is 0 Å². The number of aromatic amines is 1. The van der Waals surface area contributed by atoms with E-state index in [2.05, 4.69) is 15.2 Å². The van der Waals surface area contributed by atoms with Crippen LogP contribution in [0.25, 0.3) is 0 Å². The number of aromatic nitrogens is 2. The van der Waals surface area contributed by atoms with Crippen LogP contribution in [0.5, 0.6) is 0 Å². The Morgan fingerprint density at radius 1 is 1.47 bits per heavy atom. The van der Waals surface area contributed by atoms with Crippen LogP contribution < -0.4 is 0 Å². The second-order valence-electron chi connectivity index (χ2n) is 3.82. The summed E-state index contributed by atoms with van der Waals surface area (Å²) in [7, 11) is 0. The number of rotatable bonds is 3. The number of H-pyrrole nitrogens is 1. The molecule has 0 aliphatic rings. The van der Waals surface area contributed by atoms with Gasteiger partial charge in [0, 0.05) is 6.20 Å². The Morgan fingerprint density at radius 3 is 2.53 bits per heavy atom. The van der Waals surface area contributed by atoms with Crippen LogP contribution in [0.1, 0.15) is 32.2 Å². The van der Waals surface area contributed by atoms with Crippen LogP contribution in [0.15, 0.2) is 23.3 Å². The lowest BCUT2D eigenvalue weighted by molar-refractivity contribution is -0.141. The second-order valence-corrected chi connectivity index (χ2v) is 3.82. The van der Waals surface area contributed by atoms with E-state index in [1.807, 2.05) is 13.8 Å². The molecule has 0 saturated heterocycles. The number of allylic oxidation sites excluding steroid dienone is 1. The van der Waals surface area contributed by atoms with Gasteiger partial charge in [-0.1, -0.05) is 19.9 Å². The van der Waals surface area contributed by atoms with Crippen LogP contribution in [0, 0.1) is 5.92 Å². The van der Waals surface area contributed by atoms with Crippen molar-refractivity contribution in [3.05, 3.63) is 29.7 Å². The van der Waals surface area contributed by atoms with Crippen molar-refractivity contribution in [2.24, 2.45) is 10.9 Å². The summed E-state index contributed by atoms with van der Waals surface area (Å²) in [6.45, 7) is 5.50. The molecule has 94 valence electrons. The maximum absolute atomic E-state index is 12.4. The first kappa shape index (κ1) is 13.5. The molecule has 1 aromatic heterocycles. The smallest absolute Gasteiger partial charge is 0.276 e. The third-order valence-electron chi connectivity index (χ3n) is 2.05. The van der Waals surface area contributed by atoms with E-state index in [9.17, 15) is 13.2 Å². The van der Waals surface area contributed by atoms with Crippen molar-refractivity contribution >= 4 is 5.71 Å². The van der Waals surface area contributed by atoms with Gasteiger partial charge in [0.05, 0.1) is 11.4 Å². The van der Waals surface area contributed by atoms with Crippen molar-refractivity contribution < 1.29 is 13.2 Å². The molecule has 0 aliphatic heterocycles. The molecule has 1 aromatic rings. The van der Waals surface area contributed by atoms with Crippen LogP contribution in [-0.4, -0.2) is 15.9 Å². The van der Waals surface area contributed by atoms with Gasteiger partial charge in [-0.15, -0.1) is 0 Å². The van der Waals surface area contributed by atoms with Gasteiger partial charge in [-0.05, 0) is 18.9 Å². The lowest BCUT2D eigenvalue weighted by atomic mass is 10.1. The van der Waals surface area contributed by atoms with Gasteiger partial charge in [0.25, 0.3) is 0 Å². The molecule has 6 heteroatoms. The van der Waals surface area contributed by atoms with Crippen molar-refractivity contribution in [3.8, 4) is 0 Å². The standard InChI is InChI=1S/C11H14F3N3/c1-4-5-15-10(7(2)3)8-6-9(17-16-8)11(12,13)14/h4-7H,1-3H3,(H,16,17)/b5-4-,15-10+. The Morgan fingerprint density at radius 2 is 2.12 bits per heavy atom. The molecule has 1 rings (SSSR count). The van der Waals surface area contributed by atoms with E-state index in [0.29, 0.717) is 11.4 Å². The Labute approximate surface area is 97.5 Å². The van der Waals surface area contributed by atoms with Gasteiger partial charge < -0.3 is 0 Å². The predicted octanol–water partition coefficient (Wildman–Crippen LogP) is 3.41. The van der Waals surface area contributed by atoms with Gasteiger partial charge >= 0.3 is 6.18 Å². The van der Waals surface area contributed by atoms with E-state index in [1.54, 1.807) is 19.2 Å². The first-order valence-corrected chi connectivity index (χ1v) is 5.18. The van der Waals surface area contributed by atoms with Crippen molar-refractivity contribution in [1.82, 2.24) is 10.2 Å². The molecule has 0 spiro atoms. The third-order valence-corrected chi connectivity index (χ3v) is 2.05. The largest absolute Gasteiger partial charge is 0.435 e. The van der Waals surface area contributed by atoms with Crippen molar-refractivity contribution in [2.75, 3.05) is 0 Å². The van der Waals surface area contributed by atoms with Gasteiger partial charge in [-0.3, -0.25) is 10.1 Å². The predicted molar refractivity (Wildman–Crippen MR) is 59.8 cm³/mol. The van der Waals surface area contributed by atoms with Crippen LogP contribution in [-0.2, 0) is 6.18 Å². The molecule has 17 heavy (non-hydrogen) atoms.